The van der Waals surface area contributed by atoms with E-state index in [1.165, 1.54) is 18.4 Å². The van der Waals surface area contributed by atoms with E-state index < -0.39 is 5.60 Å². The van der Waals surface area contributed by atoms with Crippen molar-refractivity contribution in [3.63, 3.8) is 0 Å². The minimum absolute atomic E-state index is 0. The lowest BCUT2D eigenvalue weighted by molar-refractivity contribution is 0.0176. The molecule has 1 saturated heterocycles. The van der Waals surface area contributed by atoms with Crippen LogP contribution in [0.5, 0.6) is 0 Å². The summed E-state index contributed by atoms with van der Waals surface area (Å²) in [5.41, 5.74) is 3.81. The van der Waals surface area contributed by atoms with Gasteiger partial charge in [-0.1, -0.05) is 43.2 Å². The normalized spacial score (nSPS) is 15.3. The number of carbonyl (C=O) groups is 1. The molecule has 2 rings (SSSR count). The Balaban J connectivity index is 0.00000364. The van der Waals surface area contributed by atoms with Gasteiger partial charge in [-0.2, -0.15) is 0 Å². The van der Waals surface area contributed by atoms with Gasteiger partial charge < -0.3 is 9.64 Å². The molecule has 1 aromatic carbocycles. The van der Waals surface area contributed by atoms with Crippen LogP contribution >= 0.6 is 12.4 Å². The first-order chi connectivity index (χ1) is 12.4. The molecule has 1 heterocycles. The maximum absolute atomic E-state index is 12.1. The van der Waals surface area contributed by atoms with Crippen LogP contribution in [0.15, 0.2) is 30.3 Å². The third-order valence-corrected chi connectivity index (χ3v) is 4.59. The number of amides is 1. The molecule has 0 aliphatic carbocycles. The molecule has 0 atom stereocenters. The van der Waals surface area contributed by atoms with Gasteiger partial charge in [-0.25, -0.2) is 10.3 Å². The third-order valence-electron chi connectivity index (χ3n) is 4.59. The SMILES string of the molecule is CC(C)(C)OC(=O)N1CCC(CCCCNOCc2ccccc2)CC1.Cl. The van der Waals surface area contributed by atoms with E-state index in [4.69, 9.17) is 9.57 Å². The summed E-state index contributed by atoms with van der Waals surface area (Å²) in [5.74, 6) is 0.721. The number of nitrogens with zero attached hydrogens (tertiary/aromatic N) is 1. The van der Waals surface area contributed by atoms with Gasteiger partial charge >= 0.3 is 6.09 Å². The van der Waals surface area contributed by atoms with Crippen molar-refractivity contribution in [2.45, 2.75) is 65.1 Å². The molecule has 1 fully saturated rings. The lowest BCUT2D eigenvalue weighted by Gasteiger charge is -2.33. The highest BCUT2D eigenvalue weighted by Gasteiger charge is 2.26. The van der Waals surface area contributed by atoms with E-state index in [1.54, 1.807) is 0 Å². The zero-order chi connectivity index (χ0) is 18.8. The lowest BCUT2D eigenvalue weighted by atomic mass is 9.92. The molecule has 154 valence electrons. The Morgan fingerprint density at radius 2 is 1.81 bits per heavy atom. The van der Waals surface area contributed by atoms with E-state index >= 15 is 0 Å². The molecule has 0 spiro atoms. The van der Waals surface area contributed by atoms with Gasteiger partial charge in [-0.3, -0.25) is 4.84 Å². The Kier molecular flexibility index (Phi) is 10.7. The lowest BCUT2D eigenvalue weighted by Crippen LogP contribution is -2.41. The van der Waals surface area contributed by atoms with Gasteiger partial charge in [-0.05, 0) is 51.5 Å². The number of hydrogen-bond donors (Lipinski definition) is 1. The van der Waals surface area contributed by atoms with E-state index in [1.807, 2.05) is 43.9 Å². The van der Waals surface area contributed by atoms with E-state index in [0.717, 1.165) is 44.8 Å². The summed E-state index contributed by atoms with van der Waals surface area (Å²) in [6.45, 7) is 8.85. The molecule has 1 N–H and O–H groups in total. The predicted molar refractivity (Wildman–Crippen MR) is 111 cm³/mol. The van der Waals surface area contributed by atoms with Crippen LogP contribution in [-0.2, 0) is 16.2 Å². The molecule has 0 bridgehead atoms. The Morgan fingerprint density at radius 3 is 2.44 bits per heavy atom. The number of piperidine rings is 1. The summed E-state index contributed by atoms with van der Waals surface area (Å²) in [4.78, 5) is 19.4. The van der Waals surface area contributed by atoms with Gasteiger partial charge in [-0.15, -0.1) is 12.4 Å². The van der Waals surface area contributed by atoms with Crippen LogP contribution < -0.4 is 5.48 Å². The quantitative estimate of drug-likeness (QED) is 0.497. The molecule has 1 amide bonds. The first-order valence-corrected chi connectivity index (χ1v) is 9.80. The van der Waals surface area contributed by atoms with E-state index in [0.29, 0.717) is 6.61 Å². The van der Waals surface area contributed by atoms with Crippen LogP contribution in [0.4, 0.5) is 4.79 Å². The minimum atomic E-state index is -0.413. The van der Waals surface area contributed by atoms with Crippen molar-refractivity contribution in [2.75, 3.05) is 19.6 Å². The molecule has 6 heteroatoms. The van der Waals surface area contributed by atoms with Crippen LogP contribution in [0, 0.1) is 5.92 Å². The second-order valence-corrected chi connectivity index (χ2v) is 8.08. The van der Waals surface area contributed by atoms with Crippen LogP contribution in [-0.4, -0.2) is 36.2 Å². The first-order valence-electron chi connectivity index (χ1n) is 9.80. The fourth-order valence-corrected chi connectivity index (χ4v) is 3.14. The largest absolute Gasteiger partial charge is 0.444 e. The zero-order valence-electron chi connectivity index (χ0n) is 16.9. The highest BCUT2D eigenvalue weighted by Crippen LogP contribution is 2.23. The molecule has 0 aromatic heterocycles. The van der Waals surface area contributed by atoms with Crippen LogP contribution in [0.2, 0.25) is 0 Å². The molecular formula is C21H35ClN2O3. The molecule has 1 aliphatic rings. The van der Waals surface area contributed by atoms with Crippen molar-refractivity contribution < 1.29 is 14.4 Å². The topological polar surface area (TPSA) is 50.8 Å². The smallest absolute Gasteiger partial charge is 0.410 e. The summed E-state index contributed by atoms with van der Waals surface area (Å²) in [6, 6.07) is 10.2. The number of hydrogen-bond acceptors (Lipinski definition) is 4. The zero-order valence-corrected chi connectivity index (χ0v) is 17.7. The molecule has 5 nitrogen and oxygen atoms in total. The number of hydroxylamine groups is 1. The number of likely N-dealkylation sites (tertiary alicyclic amines) is 1. The van der Waals surface area contributed by atoms with Crippen molar-refractivity contribution in [3.8, 4) is 0 Å². The van der Waals surface area contributed by atoms with Gasteiger partial charge in [0.05, 0.1) is 6.61 Å². The second-order valence-electron chi connectivity index (χ2n) is 8.08. The van der Waals surface area contributed by atoms with Crippen molar-refractivity contribution in [2.24, 2.45) is 5.92 Å². The first kappa shape index (κ1) is 23.7. The Morgan fingerprint density at radius 1 is 1.15 bits per heavy atom. The standard InChI is InChI=1S/C21H34N2O3.ClH/c1-21(2,3)26-20(24)23-15-12-18(13-16-23)9-7-8-14-22-25-17-19-10-5-4-6-11-19;/h4-6,10-11,18,22H,7-9,12-17H2,1-3H3;1H. The molecular weight excluding hydrogens is 364 g/mol. The summed E-state index contributed by atoms with van der Waals surface area (Å²) in [7, 11) is 0. The maximum Gasteiger partial charge on any atom is 0.410 e. The summed E-state index contributed by atoms with van der Waals surface area (Å²) >= 11 is 0. The number of benzene rings is 1. The second kappa shape index (κ2) is 12.2. The molecule has 0 saturated carbocycles. The molecule has 0 unspecified atom stereocenters. The van der Waals surface area contributed by atoms with Crippen molar-refractivity contribution in [1.29, 1.82) is 0 Å². The highest BCUT2D eigenvalue weighted by molar-refractivity contribution is 5.85. The maximum atomic E-state index is 12.1. The Labute approximate surface area is 170 Å². The van der Waals surface area contributed by atoms with E-state index in [2.05, 4.69) is 17.6 Å². The van der Waals surface area contributed by atoms with Gasteiger partial charge in [0.2, 0.25) is 0 Å². The molecule has 0 radical (unpaired) electrons. The van der Waals surface area contributed by atoms with Crippen LogP contribution in [0.3, 0.4) is 0 Å². The number of ether oxygens (including phenoxy) is 1. The van der Waals surface area contributed by atoms with Gasteiger partial charge in [0.25, 0.3) is 0 Å². The van der Waals surface area contributed by atoms with Crippen molar-refractivity contribution >= 4 is 18.5 Å². The highest BCUT2D eigenvalue weighted by atomic mass is 35.5. The number of carbonyl (C=O) groups excluding carboxylic acids is 1. The number of rotatable bonds is 8. The molecule has 1 aromatic rings. The average Bonchev–Trinajstić information content (AvgIpc) is 2.61. The molecule has 1 aliphatic heterocycles. The third kappa shape index (κ3) is 9.99. The number of unbranched alkanes of at least 4 members (excludes halogenated alkanes) is 1. The van der Waals surface area contributed by atoms with Crippen molar-refractivity contribution in [3.05, 3.63) is 35.9 Å². The van der Waals surface area contributed by atoms with Gasteiger partial charge in [0.1, 0.15) is 5.60 Å². The fourth-order valence-electron chi connectivity index (χ4n) is 3.14. The van der Waals surface area contributed by atoms with Crippen LogP contribution in [0.25, 0.3) is 0 Å². The van der Waals surface area contributed by atoms with Crippen molar-refractivity contribution in [1.82, 2.24) is 10.4 Å². The van der Waals surface area contributed by atoms with Gasteiger partial charge in [0, 0.05) is 19.6 Å². The fraction of sp³-hybridized carbons (Fsp3) is 0.667. The van der Waals surface area contributed by atoms with Gasteiger partial charge in [0.15, 0.2) is 0 Å². The van der Waals surface area contributed by atoms with Crippen LogP contribution in [0.1, 0.15) is 58.4 Å². The minimum Gasteiger partial charge on any atom is -0.444 e. The Bertz CT molecular complexity index is 526. The number of halogens is 1. The average molecular weight is 399 g/mol. The summed E-state index contributed by atoms with van der Waals surface area (Å²) < 4.78 is 5.45. The number of nitrogens with one attached hydrogen (secondary N) is 1. The Hall–Kier alpha value is -1.30. The molecule has 27 heavy (non-hydrogen) atoms. The van der Waals surface area contributed by atoms with E-state index in [-0.39, 0.29) is 18.5 Å². The van der Waals surface area contributed by atoms with E-state index in [9.17, 15) is 4.79 Å². The monoisotopic (exact) mass is 398 g/mol. The predicted octanol–water partition coefficient (Wildman–Crippen LogP) is 4.95. The summed E-state index contributed by atoms with van der Waals surface area (Å²) in [6.07, 6.45) is 5.52. The summed E-state index contributed by atoms with van der Waals surface area (Å²) in [5, 5.41) is 0.